The van der Waals surface area contributed by atoms with Crippen LogP contribution in [0, 0.1) is 17.5 Å². The van der Waals surface area contributed by atoms with Crippen LogP contribution in [0.15, 0.2) is 42.5 Å². The Labute approximate surface area is 239 Å². The first kappa shape index (κ1) is 28.0. The molecule has 2 heterocycles. The minimum Gasteiger partial charge on any atom is -0.497 e. The van der Waals surface area contributed by atoms with E-state index in [1.54, 1.807) is 19.2 Å². The summed E-state index contributed by atoms with van der Waals surface area (Å²) in [7, 11) is 4.46. The highest BCUT2D eigenvalue weighted by Crippen LogP contribution is 2.35. The zero-order chi connectivity index (χ0) is 29.4. The average molecular weight is 631 g/mol. The Bertz CT molecular complexity index is 1820. The van der Waals surface area contributed by atoms with Crippen LogP contribution in [0.3, 0.4) is 0 Å². The van der Waals surface area contributed by atoms with Crippen LogP contribution < -0.4 is 25.3 Å². The molecule has 5 rings (SSSR count). The van der Waals surface area contributed by atoms with Gasteiger partial charge < -0.3 is 25.3 Å². The lowest BCUT2D eigenvalue weighted by Crippen LogP contribution is -2.17. The number of fused-ring (bicyclic) bond motifs is 3. The third kappa shape index (κ3) is 5.06. The summed E-state index contributed by atoms with van der Waals surface area (Å²) in [5.41, 5.74) is 5.39. The maximum Gasteiger partial charge on any atom is 0.254 e. The van der Waals surface area contributed by atoms with Gasteiger partial charge in [0.25, 0.3) is 5.91 Å². The van der Waals surface area contributed by atoms with Gasteiger partial charge in [0.1, 0.15) is 50.6 Å². The number of hydrogen-bond acceptors (Lipinski definition) is 8. The van der Waals surface area contributed by atoms with Crippen molar-refractivity contribution >= 4 is 44.3 Å². The number of halogens is 4. The first-order valence-electron chi connectivity index (χ1n) is 12.0. The lowest BCUT2D eigenvalue weighted by Gasteiger charge is -2.13. The number of hydrogen-bond donors (Lipinski definition) is 2. The smallest absolute Gasteiger partial charge is 0.254 e. The Morgan fingerprint density at radius 1 is 1.02 bits per heavy atom. The molecule has 3 aromatic carbocycles. The SMILES string of the molecule is COc1ccc(CNc2nc3c(OC)cc(F)cc3c3nc(C(Br)c4ccc(F)c(C(N)=O)c4F)nn23)c(OC)c1. The number of benzene rings is 3. The van der Waals surface area contributed by atoms with Gasteiger partial charge >= 0.3 is 0 Å². The van der Waals surface area contributed by atoms with Crippen molar-refractivity contribution in [3.63, 3.8) is 0 Å². The van der Waals surface area contributed by atoms with Crippen LogP contribution in [-0.4, -0.2) is 46.8 Å². The number of nitrogens with one attached hydrogen (secondary N) is 1. The summed E-state index contributed by atoms with van der Waals surface area (Å²) in [6, 6.07) is 9.80. The fraction of sp³-hybridized carbons (Fsp3) is 0.185. The van der Waals surface area contributed by atoms with Gasteiger partial charge in [-0.25, -0.2) is 23.1 Å². The molecule has 41 heavy (non-hydrogen) atoms. The zero-order valence-corrected chi connectivity index (χ0v) is 23.4. The molecule has 5 aromatic rings. The van der Waals surface area contributed by atoms with Gasteiger partial charge in [-0.3, -0.25) is 4.79 Å². The summed E-state index contributed by atoms with van der Waals surface area (Å²) in [5, 5.41) is 7.94. The molecule has 1 amide bonds. The van der Waals surface area contributed by atoms with E-state index in [0.717, 1.165) is 17.7 Å². The molecule has 0 saturated heterocycles. The number of carbonyl (C=O) groups is 1. The van der Waals surface area contributed by atoms with Gasteiger partial charge in [-0.1, -0.05) is 22.0 Å². The summed E-state index contributed by atoms with van der Waals surface area (Å²) in [6.45, 7) is 0.228. The van der Waals surface area contributed by atoms with Crippen molar-refractivity contribution in [2.75, 3.05) is 26.6 Å². The Morgan fingerprint density at radius 2 is 1.78 bits per heavy atom. The number of methoxy groups -OCH3 is 3. The van der Waals surface area contributed by atoms with Gasteiger partial charge in [-0.2, -0.15) is 4.52 Å². The molecule has 0 saturated carbocycles. The van der Waals surface area contributed by atoms with E-state index in [-0.39, 0.29) is 40.7 Å². The number of nitrogens with two attached hydrogens (primary N) is 1. The van der Waals surface area contributed by atoms with E-state index in [9.17, 15) is 13.6 Å². The van der Waals surface area contributed by atoms with E-state index in [1.165, 1.54) is 30.9 Å². The highest BCUT2D eigenvalue weighted by Gasteiger charge is 2.27. The fourth-order valence-corrected chi connectivity index (χ4v) is 4.89. The van der Waals surface area contributed by atoms with E-state index in [0.29, 0.717) is 17.0 Å². The van der Waals surface area contributed by atoms with Crippen molar-refractivity contribution in [3.05, 3.63) is 82.4 Å². The normalized spacial score (nSPS) is 12.0. The van der Waals surface area contributed by atoms with Gasteiger partial charge in [0.15, 0.2) is 11.5 Å². The highest BCUT2D eigenvalue weighted by atomic mass is 79.9. The lowest BCUT2D eigenvalue weighted by molar-refractivity contribution is 0.0992. The second kappa shape index (κ2) is 11.1. The molecule has 1 unspecified atom stereocenters. The fourth-order valence-electron chi connectivity index (χ4n) is 4.34. The van der Waals surface area contributed by atoms with E-state index in [2.05, 4.69) is 36.3 Å². The van der Waals surface area contributed by atoms with Gasteiger partial charge in [-0.05, 0) is 24.3 Å². The molecule has 0 aliphatic rings. The first-order valence-corrected chi connectivity index (χ1v) is 12.9. The monoisotopic (exact) mass is 630 g/mol. The van der Waals surface area contributed by atoms with Crippen LogP contribution in [0.5, 0.6) is 17.2 Å². The summed E-state index contributed by atoms with van der Waals surface area (Å²) in [6.07, 6.45) is 0. The largest absolute Gasteiger partial charge is 0.497 e. The van der Waals surface area contributed by atoms with Gasteiger partial charge in [-0.15, -0.1) is 5.10 Å². The second-order valence-corrected chi connectivity index (χ2v) is 9.64. The number of aromatic nitrogens is 4. The van der Waals surface area contributed by atoms with Crippen molar-refractivity contribution in [2.45, 2.75) is 11.4 Å². The van der Waals surface area contributed by atoms with Crippen LogP contribution in [0.2, 0.25) is 0 Å². The molecule has 0 radical (unpaired) electrons. The number of carbonyl (C=O) groups excluding carboxylic acids is 1. The minimum absolute atomic E-state index is 0.0218. The number of primary amides is 1. The Kier molecular flexibility index (Phi) is 7.58. The summed E-state index contributed by atoms with van der Waals surface area (Å²) in [4.78, 5) is 19.8. The topological polar surface area (TPSA) is 126 Å². The molecule has 10 nitrogen and oxygen atoms in total. The van der Waals surface area contributed by atoms with Crippen molar-refractivity contribution < 1.29 is 32.2 Å². The second-order valence-electron chi connectivity index (χ2n) is 8.73. The molecule has 14 heteroatoms. The maximum atomic E-state index is 15.1. The number of ether oxygens (including phenoxy) is 3. The van der Waals surface area contributed by atoms with E-state index in [4.69, 9.17) is 19.9 Å². The molecule has 212 valence electrons. The summed E-state index contributed by atoms with van der Waals surface area (Å²) >= 11 is 3.35. The molecular weight excluding hydrogens is 609 g/mol. The summed E-state index contributed by atoms with van der Waals surface area (Å²) < 4.78 is 61.2. The molecule has 0 fully saturated rings. The molecule has 0 aliphatic carbocycles. The summed E-state index contributed by atoms with van der Waals surface area (Å²) in [5.74, 6) is -2.56. The lowest BCUT2D eigenvalue weighted by atomic mass is 10.1. The number of amides is 1. The third-order valence-electron chi connectivity index (χ3n) is 6.34. The number of nitrogens with zero attached hydrogens (tertiary/aromatic N) is 4. The Morgan fingerprint density at radius 3 is 2.46 bits per heavy atom. The zero-order valence-electron chi connectivity index (χ0n) is 21.8. The van der Waals surface area contributed by atoms with Crippen LogP contribution in [0.1, 0.15) is 32.1 Å². The van der Waals surface area contributed by atoms with Crippen LogP contribution in [0.25, 0.3) is 16.6 Å². The molecule has 1 atom stereocenters. The van der Waals surface area contributed by atoms with E-state index >= 15 is 4.39 Å². The van der Waals surface area contributed by atoms with Crippen LogP contribution >= 0.6 is 15.9 Å². The molecule has 0 spiro atoms. The number of rotatable bonds is 9. The van der Waals surface area contributed by atoms with E-state index < -0.39 is 33.7 Å². The van der Waals surface area contributed by atoms with Gasteiger partial charge in [0, 0.05) is 29.8 Å². The highest BCUT2D eigenvalue weighted by molar-refractivity contribution is 9.09. The third-order valence-corrected chi connectivity index (χ3v) is 7.24. The first-order chi connectivity index (χ1) is 19.7. The van der Waals surface area contributed by atoms with Crippen molar-refractivity contribution in [2.24, 2.45) is 5.73 Å². The van der Waals surface area contributed by atoms with Crippen LogP contribution in [0.4, 0.5) is 19.1 Å². The molecular formula is C27H22BrF3N6O4. The van der Waals surface area contributed by atoms with Gasteiger partial charge in [0.05, 0.1) is 26.7 Å². The molecule has 2 aromatic heterocycles. The maximum absolute atomic E-state index is 15.1. The molecule has 0 bridgehead atoms. The van der Waals surface area contributed by atoms with Crippen molar-refractivity contribution in [1.82, 2.24) is 19.6 Å². The Hall–Kier alpha value is -4.59. The Balaban J connectivity index is 1.66. The average Bonchev–Trinajstić information content (AvgIpc) is 3.41. The predicted octanol–water partition coefficient (Wildman–Crippen LogP) is 4.92. The van der Waals surface area contributed by atoms with Crippen molar-refractivity contribution in [3.8, 4) is 17.2 Å². The van der Waals surface area contributed by atoms with E-state index in [1.807, 2.05) is 6.07 Å². The predicted molar refractivity (Wildman–Crippen MR) is 147 cm³/mol. The van der Waals surface area contributed by atoms with Crippen LogP contribution in [-0.2, 0) is 6.54 Å². The minimum atomic E-state index is -1.26. The van der Waals surface area contributed by atoms with Crippen molar-refractivity contribution in [1.29, 1.82) is 0 Å². The number of anilines is 1. The molecule has 3 N–H and O–H groups in total. The molecule has 0 aliphatic heterocycles. The quantitative estimate of drug-likeness (QED) is 0.220. The number of alkyl halides is 1. The van der Waals surface area contributed by atoms with Gasteiger partial charge in [0.2, 0.25) is 5.95 Å². The standard InChI is InChI=1S/C27H22BrF3N6O4/c1-39-14-5-4-12(18(10-14)40-2)11-33-27-34-23-16(8-13(29)9-19(23)41-3)26-35-25(36-37(26)27)21(28)15-6-7-17(30)20(22(15)31)24(32)38/h4-10,21H,11H2,1-3H3,(H2,32,38)(H,33,34).